The Morgan fingerprint density at radius 3 is 2.76 bits per heavy atom. The molecular formula is C14H19NOS. The second-order valence-corrected chi connectivity index (χ2v) is 5.62. The number of nitrogens with one attached hydrogen (secondary N) is 1. The van der Waals surface area contributed by atoms with Crippen molar-refractivity contribution >= 4 is 17.7 Å². The van der Waals surface area contributed by atoms with Gasteiger partial charge in [-0.15, -0.1) is 11.8 Å². The topological polar surface area (TPSA) is 29.1 Å². The van der Waals surface area contributed by atoms with E-state index < -0.39 is 0 Å². The molecule has 1 saturated carbocycles. The molecule has 0 spiro atoms. The van der Waals surface area contributed by atoms with Crippen LogP contribution < -0.4 is 5.32 Å². The highest BCUT2D eigenvalue weighted by Crippen LogP contribution is 2.22. The van der Waals surface area contributed by atoms with Gasteiger partial charge in [-0.2, -0.15) is 0 Å². The van der Waals surface area contributed by atoms with Gasteiger partial charge in [0.1, 0.15) is 0 Å². The van der Waals surface area contributed by atoms with E-state index in [1.54, 1.807) is 11.8 Å². The monoisotopic (exact) mass is 249 g/mol. The molecule has 17 heavy (non-hydrogen) atoms. The van der Waals surface area contributed by atoms with Gasteiger partial charge < -0.3 is 5.32 Å². The third kappa shape index (κ3) is 3.77. The summed E-state index contributed by atoms with van der Waals surface area (Å²) >= 11 is 1.63. The molecule has 1 aromatic carbocycles. The number of rotatable bonds is 4. The number of amides is 1. The smallest absolute Gasteiger partial charge is 0.230 e. The number of carbonyl (C=O) groups is 1. The van der Waals surface area contributed by atoms with Crippen LogP contribution >= 0.6 is 11.8 Å². The van der Waals surface area contributed by atoms with Crippen LogP contribution in [-0.2, 0) is 4.79 Å². The van der Waals surface area contributed by atoms with Gasteiger partial charge in [0.2, 0.25) is 5.91 Å². The zero-order valence-corrected chi connectivity index (χ0v) is 11.1. The molecule has 0 aliphatic heterocycles. The number of benzene rings is 1. The molecule has 1 fully saturated rings. The Balaban J connectivity index is 1.77. The van der Waals surface area contributed by atoms with Crippen LogP contribution in [0.15, 0.2) is 29.2 Å². The maximum absolute atomic E-state index is 11.8. The van der Waals surface area contributed by atoms with E-state index in [9.17, 15) is 4.79 Å². The molecule has 0 bridgehead atoms. The molecule has 0 saturated heterocycles. The largest absolute Gasteiger partial charge is 0.353 e. The van der Waals surface area contributed by atoms with Crippen LogP contribution in [0, 0.1) is 6.92 Å². The number of thioether (sulfide) groups is 1. The average Bonchev–Trinajstić information content (AvgIpc) is 2.81. The van der Waals surface area contributed by atoms with Crippen LogP contribution in [-0.4, -0.2) is 17.7 Å². The molecule has 0 unspecified atom stereocenters. The van der Waals surface area contributed by atoms with Gasteiger partial charge in [-0.25, -0.2) is 0 Å². The summed E-state index contributed by atoms with van der Waals surface area (Å²) in [5.41, 5.74) is 1.24. The average molecular weight is 249 g/mol. The van der Waals surface area contributed by atoms with Crippen molar-refractivity contribution in [1.82, 2.24) is 5.32 Å². The first kappa shape index (κ1) is 12.5. The highest BCUT2D eigenvalue weighted by molar-refractivity contribution is 8.00. The van der Waals surface area contributed by atoms with Crippen LogP contribution in [0.5, 0.6) is 0 Å². The van der Waals surface area contributed by atoms with Gasteiger partial charge in [-0.05, 0) is 31.4 Å². The molecule has 0 atom stereocenters. The SMILES string of the molecule is Cc1ccccc1SCC(=O)NC1CCCC1. The lowest BCUT2D eigenvalue weighted by Crippen LogP contribution is -2.33. The summed E-state index contributed by atoms with van der Waals surface area (Å²) in [6.45, 7) is 2.08. The number of hydrogen-bond donors (Lipinski definition) is 1. The molecule has 0 heterocycles. The van der Waals surface area contributed by atoms with Crippen LogP contribution in [0.1, 0.15) is 31.2 Å². The highest BCUT2D eigenvalue weighted by atomic mass is 32.2. The van der Waals surface area contributed by atoms with E-state index in [0.717, 1.165) is 12.8 Å². The van der Waals surface area contributed by atoms with Gasteiger partial charge in [0, 0.05) is 10.9 Å². The number of carbonyl (C=O) groups excluding carboxylic acids is 1. The molecule has 1 amide bonds. The normalized spacial score (nSPS) is 16.1. The molecule has 0 radical (unpaired) electrons. The fourth-order valence-corrected chi connectivity index (χ4v) is 3.04. The quantitative estimate of drug-likeness (QED) is 0.831. The van der Waals surface area contributed by atoms with Crippen LogP contribution in [0.4, 0.5) is 0 Å². The molecule has 0 aromatic heterocycles. The minimum atomic E-state index is 0.171. The Morgan fingerprint density at radius 2 is 2.06 bits per heavy atom. The van der Waals surface area contributed by atoms with Gasteiger partial charge in [-0.1, -0.05) is 31.0 Å². The molecule has 2 rings (SSSR count). The minimum Gasteiger partial charge on any atom is -0.353 e. The molecule has 1 aliphatic rings. The predicted octanol–water partition coefficient (Wildman–Crippen LogP) is 3.15. The summed E-state index contributed by atoms with van der Waals surface area (Å²) < 4.78 is 0. The first-order valence-electron chi connectivity index (χ1n) is 6.23. The number of hydrogen-bond acceptors (Lipinski definition) is 2. The second-order valence-electron chi connectivity index (χ2n) is 4.60. The van der Waals surface area contributed by atoms with E-state index in [4.69, 9.17) is 0 Å². The molecule has 1 aromatic rings. The fourth-order valence-electron chi connectivity index (χ4n) is 2.20. The molecule has 1 N–H and O–H groups in total. The summed E-state index contributed by atoms with van der Waals surface area (Å²) in [7, 11) is 0. The van der Waals surface area contributed by atoms with Gasteiger partial charge in [-0.3, -0.25) is 4.79 Å². The Morgan fingerprint density at radius 1 is 1.35 bits per heavy atom. The first-order chi connectivity index (χ1) is 8.25. The molecule has 3 heteroatoms. The molecule has 92 valence electrons. The van der Waals surface area contributed by atoms with Gasteiger partial charge in [0.25, 0.3) is 0 Å². The van der Waals surface area contributed by atoms with Crippen molar-refractivity contribution < 1.29 is 4.79 Å². The first-order valence-corrected chi connectivity index (χ1v) is 7.22. The zero-order valence-electron chi connectivity index (χ0n) is 10.2. The summed E-state index contributed by atoms with van der Waals surface area (Å²) in [6.07, 6.45) is 4.83. The van der Waals surface area contributed by atoms with E-state index in [0.29, 0.717) is 11.8 Å². The van der Waals surface area contributed by atoms with Crippen molar-refractivity contribution in [2.24, 2.45) is 0 Å². The van der Waals surface area contributed by atoms with Crippen molar-refractivity contribution in [1.29, 1.82) is 0 Å². The predicted molar refractivity (Wildman–Crippen MR) is 72.3 cm³/mol. The van der Waals surface area contributed by atoms with Crippen molar-refractivity contribution in [3.05, 3.63) is 29.8 Å². The Kier molecular flexibility index (Phi) is 4.49. The van der Waals surface area contributed by atoms with Gasteiger partial charge in [0.15, 0.2) is 0 Å². The lowest BCUT2D eigenvalue weighted by atomic mass is 10.2. The van der Waals surface area contributed by atoms with Crippen LogP contribution in [0.25, 0.3) is 0 Å². The summed E-state index contributed by atoms with van der Waals surface area (Å²) in [4.78, 5) is 13.0. The van der Waals surface area contributed by atoms with Crippen LogP contribution in [0.3, 0.4) is 0 Å². The maximum atomic E-state index is 11.8. The summed E-state index contributed by atoms with van der Waals surface area (Å²) in [6, 6.07) is 8.63. The molecular weight excluding hydrogens is 230 g/mol. The Labute approximate surface area is 107 Å². The Bertz CT molecular complexity index is 386. The van der Waals surface area contributed by atoms with Gasteiger partial charge >= 0.3 is 0 Å². The fraction of sp³-hybridized carbons (Fsp3) is 0.500. The van der Waals surface area contributed by atoms with Crippen molar-refractivity contribution in [3.63, 3.8) is 0 Å². The van der Waals surface area contributed by atoms with Crippen molar-refractivity contribution in [2.75, 3.05) is 5.75 Å². The van der Waals surface area contributed by atoms with Gasteiger partial charge in [0.05, 0.1) is 5.75 Å². The maximum Gasteiger partial charge on any atom is 0.230 e. The van der Waals surface area contributed by atoms with E-state index >= 15 is 0 Å². The summed E-state index contributed by atoms with van der Waals surface area (Å²) in [5, 5.41) is 3.11. The van der Waals surface area contributed by atoms with Crippen LogP contribution in [0.2, 0.25) is 0 Å². The standard InChI is InChI=1S/C14H19NOS/c1-11-6-2-5-9-13(11)17-10-14(16)15-12-7-3-4-8-12/h2,5-6,9,12H,3-4,7-8,10H2,1H3,(H,15,16). The second kappa shape index (κ2) is 6.10. The third-order valence-electron chi connectivity index (χ3n) is 3.17. The molecule has 1 aliphatic carbocycles. The molecule has 2 nitrogen and oxygen atoms in total. The van der Waals surface area contributed by atoms with E-state index in [1.807, 2.05) is 12.1 Å². The lowest BCUT2D eigenvalue weighted by Gasteiger charge is -2.11. The summed E-state index contributed by atoms with van der Waals surface area (Å²) in [5.74, 6) is 0.701. The number of aryl methyl sites for hydroxylation is 1. The highest BCUT2D eigenvalue weighted by Gasteiger charge is 2.16. The lowest BCUT2D eigenvalue weighted by molar-refractivity contribution is -0.119. The van der Waals surface area contributed by atoms with E-state index in [1.165, 1.54) is 23.3 Å². The van der Waals surface area contributed by atoms with E-state index in [2.05, 4.69) is 24.4 Å². The minimum absolute atomic E-state index is 0.171. The zero-order chi connectivity index (χ0) is 12.1. The van der Waals surface area contributed by atoms with E-state index in [-0.39, 0.29) is 5.91 Å². The Hall–Kier alpha value is -0.960. The van der Waals surface area contributed by atoms with Crippen molar-refractivity contribution in [3.8, 4) is 0 Å². The third-order valence-corrected chi connectivity index (χ3v) is 4.35. The van der Waals surface area contributed by atoms with Crippen molar-refractivity contribution in [2.45, 2.75) is 43.5 Å².